The molecule has 0 aromatic heterocycles. The predicted octanol–water partition coefficient (Wildman–Crippen LogP) is 1.84. The molecule has 0 bridgehead atoms. The smallest absolute Gasteiger partial charge is 0.346 e. The van der Waals surface area contributed by atoms with Crippen LogP contribution in [0.5, 0.6) is 0 Å². The van der Waals surface area contributed by atoms with E-state index >= 15 is 0 Å². The molecule has 0 saturated heterocycles. The van der Waals surface area contributed by atoms with Crippen LogP contribution in [0.1, 0.15) is 5.56 Å². The van der Waals surface area contributed by atoms with Crippen LogP contribution >= 0.6 is 15.9 Å². The molecule has 2 rings (SSSR count). The second-order valence-corrected chi connectivity index (χ2v) is 4.07. The zero-order valence-electron chi connectivity index (χ0n) is 8.07. The Morgan fingerprint density at radius 3 is 2.69 bits per heavy atom. The Morgan fingerprint density at radius 2 is 2.06 bits per heavy atom. The molecule has 1 aliphatic heterocycles. The molecule has 0 amide bonds. The summed E-state index contributed by atoms with van der Waals surface area (Å²) in [6, 6.07) is 7.11. The molecule has 0 fully saturated rings. The minimum atomic E-state index is -1.26. The van der Waals surface area contributed by atoms with E-state index in [1.54, 1.807) is 18.2 Å². The molecule has 1 N–H and O–H groups in total. The number of hydrogen-bond acceptors (Lipinski definition) is 3. The number of carboxylic acids is 1. The second-order valence-electron chi connectivity index (χ2n) is 3.21. The van der Waals surface area contributed by atoms with Gasteiger partial charge in [0.1, 0.15) is 6.61 Å². The highest BCUT2D eigenvalue weighted by molar-refractivity contribution is 9.10. The highest BCUT2D eigenvalue weighted by atomic mass is 79.9. The van der Waals surface area contributed by atoms with Gasteiger partial charge in [-0.2, -0.15) is 0 Å². The van der Waals surface area contributed by atoms with E-state index in [0.717, 1.165) is 4.47 Å². The van der Waals surface area contributed by atoms with E-state index in [1.165, 1.54) is 0 Å². The molecule has 0 saturated carbocycles. The number of carboxylic acid groups (broad SMARTS) is 1. The fourth-order valence-electron chi connectivity index (χ4n) is 1.54. The molecule has 0 radical (unpaired) electrons. The van der Waals surface area contributed by atoms with Crippen LogP contribution in [0.2, 0.25) is 0 Å². The molecule has 16 heavy (non-hydrogen) atoms. The van der Waals surface area contributed by atoms with Crippen molar-refractivity contribution < 1.29 is 19.4 Å². The summed E-state index contributed by atoms with van der Waals surface area (Å²) in [7, 11) is 0. The maximum Gasteiger partial charge on any atom is 0.346 e. The molecule has 1 heterocycles. The van der Waals surface area contributed by atoms with E-state index in [4.69, 9.17) is 9.84 Å². The molecule has 0 atom stereocenters. The summed E-state index contributed by atoms with van der Waals surface area (Å²) < 4.78 is 5.47. The van der Waals surface area contributed by atoms with Gasteiger partial charge in [-0.1, -0.05) is 34.1 Å². The van der Waals surface area contributed by atoms with Crippen LogP contribution in [0.25, 0.3) is 5.57 Å². The zero-order chi connectivity index (χ0) is 11.7. The Bertz CT molecular complexity index is 504. The molecular formula is C11H7BrO4. The molecule has 82 valence electrons. The van der Waals surface area contributed by atoms with Crippen LogP contribution in [0.3, 0.4) is 0 Å². The van der Waals surface area contributed by atoms with Gasteiger partial charge in [0, 0.05) is 10.0 Å². The highest BCUT2D eigenvalue weighted by Crippen LogP contribution is 2.30. The van der Waals surface area contributed by atoms with Crippen LogP contribution in [-0.4, -0.2) is 23.7 Å². The first-order valence-corrected chi connectivity index (χ1v) is 5.29. The Labute approximate surface area is 99.7 Å². The van der Waals surface area contributed by atoms with Crippen molar-refractivity contribution in [1.82, 2.24) is 0 Å². The summed E-state index contributed by atoms with van der Waals surface area (Å²) in [5.74, 6) is -2.04. The molecule has 5 heteroatoms. The second kappa shape index (κ2) is 4.09. The minimum absolute atomic E-state index is 0.00306. The number of cyclic esters (lactones) is 1. The van der Waals surface area contributed by atoms with Crippen LogP contribution in [0, 0.1) is 0 Å². The minimum Gasteiger partial charge on any atom is -0.477 e. The van der Waals surface area contributed by atoms with Crippen LogP contribution in [-0.2, 0) is 14.3 Å². The van der Waals surface area contributed by atoms with Gasteiger partial charge in [0.15, 0.2) is 5.57 Å². The number of halogens is 1. The quantitative estimate of drug-likeness (QED) is 0.664. The molecule has 1 aromatic carbocycles. The van der Waals surface area contributed by atoms with Crippen molar-refractivity contribution in [1.29, 1.82) is 0 Å². The first-order valence-electron chi connectivity index (χ1n) is 4.49. The summed E-state index contributed by atoms with van der Waals surface area (Å²) in [5, 5.41) is 8.93. The first kappa shape index (κ1) is 10.9. The van der Waals surface area contributed by atoms with Crippen molar-refractivity contribution in [3.05, 3.63) is 39.9 Å². The molecule has 4 nitrogen and oxygen atoms in total. The largest absolute Gasteiger partial charge is 0.477 e. The predicted molar refractivity (Wildman–Crippen MR) is 59.7 cm³/mol. The molecule has 0 spiro atoms. The van der Waals surface area contributed by atoms with E-state index in [0.29, 0.717) is 11.1 Å². The number of ether oxygens (including phenoxy) is 1. The third kappa shape index (κ3) is 1.74. The van der Waals surface area contributed by atoms with Crippen molar-refractivity contribution in [3.8, 4) is 0 Å². The van der Waals surface area contributed by atoms with Gasteiger partial charge >= 0.3 is 11.9 Å². The monoisotopic (exact) mass is 282 g/mol. The average Bonchev–Trinajstić information content (AvgIpc) is 2.61. The van der Waals surface area contributed by atoms with Crippen LogP contribution in [0.4, 0.5) is 0 Å². The van der Waals surface area contributed by atoms with Crippen molar-refractivity contribution in [2.75, 3.05) is 6.61 Å². The lowest BCUT2D eigenvalue weighted by atomic mass is 10.0. The lowest BCUT2D eigenvalue weighted by Gasteiger charge is -2.03. The van der Waals surface area contributed by atoms with Gasteiger partial charge in [-0.3, -0.25) is 0 Å². The van der Waals surface area contributed by atoms with Gasteiger partial charge in [-0.05, 0) is 11.6 Å². The summed E-state index contributed by atoms with van der Waals surface area (Å²) in [6.07, 6.45) is 0. The van der Waals surface area contributed by atoms with Crippen molar-refractivity contribution in [3.63, 3.8) is 0 Å². The number of rotatable bonds is 2. The summed E-state index contributed by atoms with van der Waals surface area (Å²) in [6.45, 7) is 0.00306. The molecule has 1 aromatic rings. The fraction of sp³-hybridized carbons (Fsp3) is 0.0909. The third-order valence-corrected chi connectivity index (χ3v) is 2.96. The van der Waals surface area contributed by atoms with E-state index in [-0.39, 0.29) is 12.2 Å². The Morgan fingerprint density at radius 1 is 1.38 bits per heavy atom. The number of esters is 1. The number of carbonyl (C=O) groups is 2. The number of benzene rings is 1. The summed E-state index contributed by atoms with van der Waals surface area (Å²) in [5.41, 5.74) is 0.794. The van der Waals surface area contributed by atoms with Gasteiger partial charge in [-0.25, -0.2) is 9.59 Å². The van der Waals surface area contributed by atoms with Crippen LogP contribution < -0.4 is 0 Å². The lowest BCUT2D eigenvalue weighted by Crippen LogP contribution is -2.09. The van der Waals surface area contributed by atoms with E-state index in [2.05, 4.69) is 15.9 Å². The normalized spacial score (nSPS) is 15.2. The molecular weight excluding hydrogens is 276 g/mol. The topological polar surface area (TPSA) is 63.6 Å². The van der Waals surface area contributed by atoms with Crippen LogP contribution in [0.15, 0.2) is 34.3 Å². The maximum atomic E-state index is 11.2. The van der Waals surface area contributed by atoms with E-state index < -0.39 is 11.9 Å². The number of aliphatic carboxylic acids is 1. The van der Waals surface area contributed by atoms with Gasteiger partial charge in [-0.15, -0.1) is 0 Å². The van der Waals surface area contributed by atoms with Crippen molar-refractivity contribution in [2.45, 2.75) is 0 Å². The first-order chi connectivity index (χ1) is 7.61. The summed E-state index contributed by atoms with van der Waals surface area (Å²) >= 11 is 3.31. The fourth-order valence-corrected chi connectivity index (χ4v) is 2.06. The maximum absolute atomic E-state index is 11.2. The Hall–Kier alpha value is -1.62. The average molecular weight is 283 g/mol. The van der Waals surface area contributed by atoms with Gasteiger partial charge < -0.3 is 9.84 Å². The standard InChI is InChI=1S/C11H7BrO4/c12-8-4-2-1-3-6(8)7-5-16-11(15)9(7)10(13)14/h1-4H,5H2,(H,13,14). The highest BCUT2D eigenvalue weighted by Gasteiger charge is 2.31. The molecule has 0 unspecified atom stereocenters. The third-order valence-electron chi connectivity index (χ3n) is 2.27. The van der Waals surface area contributed by atoms with E-state index in [1.807, 2.05) is 6.07 Å². The Kier molecular flexibility index (Phi) is 2.78. The molecule has 0 aliphatic carbocycles. The van der Waals surface area contributed by atoms with E-state index in [9.17, 15) is 9.59 Å². The van der Waals surface area contributed by atoms with Crippen molar-refractivity contribution >= 4 is 33.4 Å². The Balaban J connectivity index is 2.59. The van der Waals surface area contributed by atoms with Gasteiger partial charge in [0.2, 0.25) is 0 Å². The summed E-state index contributed by atoms with van der Waals surface area (Å²) in [4.78, 5) is 22.2. The SMILES string of the molecule is O=C(O)C1=C(c2ccccc2Br)COC1=O. The lowest BCUT2D eigenvalue weighted by molar-refractivity contribution is -0.141. The number of hydrogen-bond donors (Lipinski definition) is 1. The van der Waals surface area contributed by atoms with Gasteiger partial charge in [0.05, 0.1) is 0 Å². The van der Waals surface area contributed by atoms with Crippen molar-refractivity contribution in [2.24, 2.45) is 0 Å². The number of carbonyl (C=O) groups excluding carboxylic acids is 1. The molecule has 1 aliphatic rings. The van der Waals surface area contributed by atoms with Gasteiger partial charge in [0.25, 0.3) is 0 Å². The zero-order valence-corrected chi connectivity index (χ0v) is 9.65.